The minimum Gasteiger partial charge on any atom is -0.465 e. The van der Waals surface area contributed by atoms with Crippen LogP contribution in [-0.4, -0.2) is 40.0 Å². The lowest BCUT2D eigenvalue weighted by Crippen LogP contribution is -2.37. The second-order valence-corrected chi connectivity index (χ2v) is 4.60. The van der Waals surface area contributed by atoms with Crippen LogP contribution in [0.1, 0.15) is 25.5 Å². The van der Waals surface area contributed by atoms with Crippen molar-refractivity contribution in [1.82, 2.24) is 14.9 Å². The van der Waals surface area contributed by atoms with Crippen LogP contribution in [0.4, 0.5) is 0 Å². The number of hydrogen-bond acceptors (Lipinski definition) is 5. The van der Waals surface area contributed by atoms with Gasteiger partial charge in [-0.2, -0.15) is 0 Å². The third-order valence-corrected chi connectivity index (χ3v) is 3.16. The van der Waals surface area contributed by atoms with Crippen LogP contribution in [0.15, 0.2) is 12.4 Å². The van der Waals surface area contributed by atoms with Gasteiger partial charge in [0.05, 0.1) is 24.7 Å². The zero-order valence-electron chi connectivity index (χ0n) is 10.3. The molecular formula is C12H16ClN3O2. The zero-order valence-corrected chi connectivity index (χ0v) is 11.1. The summed E-state index contributed by atoms with van der Waals surface area (Å²) in [7, 11) is 0. The highest BCUT2D eigenvalue weighted by atomic mass is 35.5. The number of halogens is 1. The largest absolute Gasteiger partial charge is 0.465 e. The van der Waals surface area contributed by atoms with Gasteiger partial charge >= 0.3 is 5.97 Å². The Morgan fingerprint density at radius 2 is 2.39 bits per heavy atom. The summed E-state index contributed by atoms with van der Waals surface area (Å²) in [5, 5.41) is 0.377. The van der Waals surface area contributed by atoms with E-state index >= 15 is 0 Å². The highest BCUT2D eigenvalue weighted by molar-refractivity contribution is 6.29. The Morgan fingerprint density at radius 1 is 1.56 bits per heavy atom. The van der Waals surface area contributed by atoms with Gasteiger partial charge in [-0.15, -0.1) is 0 Å². The molecule has 2 heterocycles. The third kappa shape index (κ3) is 3.17. The van der Waals surface area contributed by atoms with Gasteiger partial charge in [0, 0.05) is 6.54 Å². The monoisotopic (exact) mass is 269 g/mol. The summed E-state index contributed by atoms with van der Waals surface area (Å²) < 4.78 is 5.08. The quantitative estimate of drug-likeness (QED) is 0.778. The van der Waals surface area contributed by atoms with Crippen molar-refractivity contribution in [1.29, 1.82) is 0 Å². The second kappa shape index (κ2) is 6.11. The number of carbonyl (C=O) groups is 1. The first-order valence-corrected chi connectivity index (χ1v) is 6.45. The van der Waals surface area contributed by atoms with Crippen LogP contribution in [0.2, 0.25) is 5.15 Å². The van der Waals surface area contributed by atoms with Gasteiger partial charge in [0.15, 0.2) is 0 Å². The molecule has 18 heavy (non-hydrogen) atoms. The van der Waals surface area contributed by atoms with Crippen LogP contribution in [0.5, 0.6) is 0 Å². The Labute approximate surface area is 111 Å². The predicted octanol–water partition coefficient (Wildman–Crippen LogP) is 1.66. The summed E-state index contributed by atoms with van der Waals surface area (Å²) >= 11 is 5.69. The van der Waals surface area contributed by atoms with E-state index in [1.165, 1.54) is 6.20 Å². The van der Waals surface area contributed by atoms with Crippen molar-refractivity contribution in [3.05, 3.63) is 23.2 Å². The van der Waals surface area contributed by atoms with Gasteiger partial charge in [0.1, 0.15) is 11.2 Å². The summed E-state index contributed by atoms with van der Waals surface area (Å²) in [4.78, 5) is 22.0. The van der Waals surface area contributed by atoms with Crippen LogP contribution in [0.25, 0.3) is 0 Å². The van der Waals surface area contributed by atoms with E-state index < -0.39 is 0 Å². The maximum absolute atomic E-state index is 11.8. The molecule has 0 spiro atoms. The highest BCUT2D eigenvalue weighted by Gasteiger charge is 2.31. The molecule has 0 N–H and O–H groups in total. The van der Waals surface area contributed by atoms with Crippen molar-refractivity contribution in [3.8, 4) is 0 Å². The fraction of sp³-hybridized carbons (Fsp3) is 0.583. The Morgan fingerprint density at radius 3 is 3.06 bits per heavy atom. The second-order valence-electron chi connectivity index (χ2n) is 4.21. The number of nitrogens with zero attached hydrogens (tertiary/aromatic N) is 3. The Bertz CT molecular complexity index is 410. The molecule has 1 aromatic heterocycles. The fourth-order valence-corrected chi connectivity index (χ4v) is 2.25. The van der Waals surface area contributed by atoms with Crippen LogP contribution < -0.4 is 0 Å². The van der Waals surface area contributed by atoms with E-state index in [-0.39, 0.29) is 12.0 Å². The molecule has 1 unspecified atom stereocenters. The molecule has 0 amide bonds. The van der Waals surface area contributed by atoms with Crippen molar-refractivity contribution in [2.24, 2.45) is 0 Å². The lowest BCUT2D eigenvalue weighted by atomic mass is 10.2. The lowest BCUT2D eigenvalue weighted by molar-refractivity contribution is -0.148. The van der Waals surface area contributed by atoms with Gasteiger partial charge in [0.25, 0.3) is 0 Å². The van der Waals surface area contributed by atoms with Crippen molar-refractivity contribution in [2.45, 2.75) is 32.4 Å². The first-order valence-electron chi connectivity index (χ1n) is 6.08. The van der Waals surface area contributed by atoms with Gasteiger partial charge in [-0.3, -0.25) is 14.7 Å². The summed E-state index contributed by atoms with van der Waals surface area (Å²) in [6, 6.07) is -0.151. The first kappa shape index (κ1) is 13.2. The molecule has 0 aliphatic carbocycles. The van der Waals surface area contributed by atoms with Crippen LogP contribution in [0, 0.1) is 0 Å². The topological polar surface area (TPSA) is 55.3 Å². The van der Waals surface area contributed by atoms with E-state index in [0.29, 0.717) is 18.3 Å². The minimum absolute atomic E-state index is 0.142. The van der Waals surface area contributed by atoms with E-state index in [0.717, 1.165) is 25.1 Å². The molecule has 0 aromatic carbocycles. The SMILES string of the molecule is CCOC(=O)C1CCCN1Cc1cnc(Cl)cn1. The summed E-state index contributed by atoms with van der Waals surface area (Å²) in [6.07, 6.45) is 5.01. The van der Waals surface area contributed by atoms with Gasteiger partial charge in [-0.05, 0) is 26.3 Å². The number of carbonyl (C=O) groups excluding carboxylic acids is 1. The molecule has 5 nitrogen and oxygen atoms in total. The van der Waals surface area contributed by atoms with E-state index in [4.69, 9.17) is 16.3 Å². The number of rotatable bonds is 4. The molecule has 1 fully saturated rings. The van der Waals surface area contributed by atoms with E-state index in [2.05, 4.69) is 14.9 Å². The normalized spacial score (nSPS) is 20.0. The van der Waals surface area contributed by atoms with Crippen molar-refractivity contribution < 1.29 is 9.53 Å². The Kier molecular flexibility index (Phi) is 4.49. The van der Waals surface area contributed by atoms with E-state index in [1.54, 1.807) is 6.20 Å². The van der Waals surface area contributed by atoms with Gasteiger partial charge in [-0.1, -0.05) is 11.6 Å². The molecule has 6 heteroatoms. The minimum atomic E-state index is -0.151. The summed E-state index contributed by atoms with van der Waals surface area (Å²) in [6.45, 7) is 3.73. The Hall–Kier alpha value is -1.20. The van der Waals surface area contributed by atoms with Crippen LogP contribution >= 0.6 is 11.6 Å². The van der Waals surface area contributed by atoms with Crippen molar-refractivity contribution in [2.75, 3.05) is 13.2 Å². The standard InChI is InChI=1S/C12H16ClN3O2/c1-2-18-12(17)10-4-3-5-16(10)8-9-6-15-11(13)7-14-9/h6-7,10H,2-5,8H2,1H3. The van der Waals surface area contributed by atoms with Crippen molar-refractivity contribution in [3.63, 3.8) is 0 Å². The van der Waals surface area contributed by atoms with Gasteiger partial charge in [-0.25, -0.2) is 4.98 Å². The zero-order chi connectivity index (χ0) is 13.0. The molecule has 0 radical (unpaired) electrons. The molecule has 1 saturated heterocycles. The molecule has 1 aromatic rings. The molecule has 0 bridgehead atoms. The first-order chi connectivity index (χ1) is 8.70. The van der Waals surface area contributed by atoms with Crippen LogP contribution in [-0.2, 0) is 16.1 Å². The highest BCUT2D eigenvalue weighted by Crippen LogP contribution is 2.20. The van der Waals surface area contributed by atoms with E-state index in [1.807, 2.05) is 6.92 Å². The Balaban J connectivity index is 1.99. The number of ether oxygens (including phenoxy) is 1. The molecule has 1 aliphatic heterocycles. The average Bonchev–Trinajstić information content (AvgIpc) is 2.81. The molecule has 0 saturated carbocycles. The summed E-state index contributed by atoms with van der Waals surface area (Å²) in [5.74, 6) is -0.142. The number of likely N-dealkylation sites (tertiary alicyclic amines) is 1. The van der Waals surface area contributed by atoms with Gasteiger partial charge in [0.2, 0.25) is 0 Å². The number of aromatic nitrogens is 2. The molecule has 98 valence electrons. The van der Waals surface area contributed by atoms with Crippen molar-refractivity contribution >= 4 is 17.6 Å². The third-order valence-electron chi connectivity index (χ3n) is 2.96. The van der Waals surface area contributed by atoms with Crippen LogP contribution in [0.3, 0.4) is 0 Å². The molecule has 2 rings (SSSR count). The maximum Gasteiger partial charge on any atom is 0.323 e. The lowest BCUT2D eigenvalue weighted by Gasteiger charge is -2.22. The summed E-state index contributed by atoms with van der Waals surface area (Å²) in [5.41, 5.74) is 0.815. The molecular weight excluding hydrogens is 254 g/mol. The number of hydrogen-bond donors (Lipinski definition) is 0. The van der Waals surface area contributed by atoms with E-state index in [9.17, 15) is 4.79 Å². The molecule has 1 atom stereocenters. The molecule has 1 aliphatic rings. The smallest absolute Gasteiger partial charge is 0.323 e. The fourth-order valence-electron chi connectivity index (χ4n) is 2.15. The predicted molar refractivity (Wildman–Crippen MR) is 67.1 cm³/mol. The maximum atomic E-state index is 11.8. The number of esters is 1. The average molecular weight is 270 g/mol. The van der Waals surface area contributed by atoms with Gasteiger partial charge < -0.3 is 4.74 Å².